The van der Waals surface area contributed by atoms with Gasteiger partial charge in [0.2, 0.25) is 11.8 Å². The number of amides is 2. The number of hydrogen-bond donors (Lipinski definition) is 2. The molecule has 2 N–H and O–H groups in total. The Hall–Kier alpha value is -1.84. The normalized spacial score (nSPS) is 18.5. The summed E-state index contributed by atoms with van der Waals surface area (Å²) in [6.45, 7) is 2.59. The molecule has 1 aromatic rings. The molecular formula is C14H18N2O2. The summed E-state index contributed by atoms with van der Waals surface area (Å²) in [6.07, 6.45) is 1.60. The molecular weight excluding hydrogens is 228 g/mol. The minimum atomic E-state index is -0.0389. The SMILES string of the molecule is Cc1ccc(CCC(=O)NC2CNC(=O)C2)cc1. The maximum atomic E-state index is 11.7. The van der Waals surface area contributed by atoms with Crippen molar-refractivity contribution >= 4 is 11.8 Å². The molecule has 0 spiro atoms. The lowest BCUT2D eigenvalue weighted by Gasteiger charge is -2.10. The number of carbonyl (C=O) groups excluding carboxylic acids is 2. The van der Waals surface area contributed by atoms with Crippen LogP contribution in [0.5, 0.6) is 0 Å². The van der Waals surface area contributed by atoms with Gasteiger partial charge in [-0.3, -0.25) is 9.59 Å². The smallest absolute Gasteiger partial charge is 0.222 e. The molecule has 0 bridgehead atoms. The van der Waals surface area contributed by atoms with Gasteiger partial charge >= 0.3 is 0 Å². The molecule has 4 nitrogen and oxygen atoms in total. The van der Waals surface area contributed by atoms with Crippen LogP contribution in [0.15, 0.2) is 24.3 Å². The van der Waals surface area contributed by atoms with Crippen LogP contribution in [0.2, 0.25) is 0 Å². The van der Waals surface area contributed by atoms with Crippen LogP contribution in [-0.4, -0.2) is 24.4 Å². The van der Waals surface area contributed by atoms with Crippen molar-refractivity contribution in [1.82, 2.24) is 10.6 Å². The van der Waals surface area contributed by atoms with Gasteiger partial charge in [-0.1, -0.05) is 29.8 Å². The molecule has 1 atom stereocenters. The number of nitrogens with one attached hydrogen (secondary N) is 2. The third-order valence-corrected chi connectivity index (χ3v) is 3.10. The lowest BCUT2D eigenvalue weighted by Crippen LogP contribution is -2.36. The van der Waals surface area contributed by atoms with Gasteiger partial charge in [-0.25, -0.2) is 0 Å². The molecule has 1 aliphatic rings. The van der Waals surface area contributed by atoms with E-state index in [-0.39, 0.29) is 17.9 Å². The van der Waals surface area contributed by atoms with Gasteiger partial charge < -0.3 is 10.6 Å². The molecule has 2 rings (SSSR count). The van der Waals surface area contributed by atoms with Crippen LogP contribution < -0.4 is 10.6 Å². The van der Waals surface area contributed by atoms with E-state index in [2.05, 4.69) is 10.6 Å². The number of hydrogen-bond acceptors (Lipinski definition) is 2. The van der Waals surface area contributed by atoms with E-state index in [1.165, 1.54) is 5.56 Å². The summed E-state index contributed by atoms with van der Waals surface area (Å²) in [7, 11) is 0. The highest BCUT2D eigenvalue weighted by Gasteiger charge is 2.22. The lowest BCUT2D eigenvalue weighted by atomic mass is 10.1. The Morgan fingerprint density at radius 1 is 1.39 bits per heavy atom. The molecule has 1 fully saturated rings. The Balaban J connectivity index is 1.74. The van der Waals surface area contributed by atoms with E-state index in [1.807, 2.05) is 31.2 Å². The van der Waals surface area contributed by atoms with Crippen molar-refractivity contribution in [3.8, 4) is 0 Å². The molecule has 0 aliphatic carbocycles. The summed E-state index contributed by atoms with van der Waals surface area (Å²) >= 11 is 0. The fourth-order valence-corrected chi connectivity index (χ4v) is 2.02. The molecule has 1 aliphatic heterocycles. The standard InChI is InChI=1S/C14H18N2O2/c1-10-2-4-11(5-3-10)6-7-13(17)16-12-8-14(18)15-9-12/h2-5,12H,6-9H2,1H3,(H,15,18)(H,16,17). The van der Waals surface area contributed by atoms with Crippen LogP contribution in [0.1, 0.15) is 24.0 Å². The Labute approximate surface area is 107 Å². The molecule has 2 amide bonds. The van der Waals surface area contributed by atoms with Crippen LogP contribution in [0.25, 0.3) is 0 Å². The molecule has 4 heteroatoms. The highest BCUT2D eigenvalue weighted by molar-refractivity contribution is 5.82. The molecule has 1 unspecified atom stereocenters. The van der Waals surface area contributed by atoms with Crippen molar-refractivity contribution in [2.24, 2.45) is 0 Å². The van der Waals surface area contributed by atoms with Crippen LogP contribution >= 0.6 is 0 Å². The monoisotopic (exact) mass is 246 g/mol. The Morgan fingerprint density at radius 3 is 2.72 bits per heavy atom. The minimum Gasteiger partial charge on any atom is -0.354 e. The molecule has 1 heterocycles. The largest absolute Gasteiger partial charge is 0.354 e. The first-order valence-corrected chi connectivity index (χ1v) is 6.25. The highest BCUT2D eigenvalue weighted by Crippen LogP contribution is 2.06. The van der Waals surface area contributed by atoms with Gasteiger partial charge in [0.15, 0.2) is 0 Å². The van der Waals surface area contributed by atoms with E-state index < -0.39 is 0 Å². The molecule has 18 heavy (non-hydrogen) atoms. The number of rotatable bonds is 4. The van der Waals surface area contributed by atoms with Gasteiger partial charge in [0, 0.05) is 19.4 Å². The van der Waals surface area contributed by atoms with E-state index >= 15 is 0 Å². The van der Waals surface area contributed by atoms with Gasteiger partial charge in [-0.2, -0.15) is 0 Å². The van der Waals surface area contributed by atoms with Gasteiger partial charge in [0.05, 0.1) is 6.04 Å². The maximum Gasteiger partial charge on any atom is 0.222 e. The van der Waals surface area contributed by atoms with Crippen LogP contribution in [0.4, 0.5) is 0 Å². The van der Waals surface area contributed by atoms with Crippen molar-refractivity contribution in [1.29, 1.82) is 0 Å². The quantitative estimate of drug-likeness (QED) is 0.830. The fourth-order valence-electron chi connectivity index (χ4n) is 2.02. The first kappa shape index (κ1) is 12.6. The topological polar surface area (TPSA) is 58.2 Å². The summed E-state index contributed by atoms with van der Waals surface area (Å²) in [5, 5.41) is 5.57. The first-order chi connectivity index (χ1) is 8.63. The zero-order valence-corrected chi connectivity index (χ0v) is 10.5. The second-order valence-electron chi connectivity index (χ2n) is 4.76. The zero-order chi connectivity index (χ0) is 13.0. The summed E-state index contributed by atoms with van der Waals surface area (Å²) in [5.74, 6) is 0.0240. The van der Waals surface area contributed by atoms with E-state index in [9.17, 15) is 9.59 Å². The molecule has 0 saturated carbocycles. The summed E-state index contributed by atoms with van der Waals surface area (Å²) in [6, 6.07) is 8.15. The number of benzene rings is 1. The average molecular weight is 246 g/mol. The molecule has 0 radical (unpaired) electrons. The number of carbonyl (C=O) groups is 2. The van der Waals surface area contributed by atoms with Crippen LogP contribution in [0, 0.1) is 6.92 Å². The van der Waals surface area contributed by atoms with Crippen molar-refractivity contribution in [3.05, 3.63) is 35.4 Å². The van der Waals surface area contributed by atoms with Crippen molar-refractivity contribution in [3.63, 3.8) is 0 Å². The van der Waals surface area contributed by atoms with Gasteiger partial charge in [-0.05, 0) is 18.9 Å². The van der Waals surface area contributed by atoms with Gasteiger partial charge in [0.1, 0.15) is 0 Å². The summed E-state index contributed by atoms with van der Waals surface area (Å²) in [5.41, 5.74) is 2.38. The van der Waals surface area contributed by atoms with Crippen LogP contribution in [-0.2, 0) is 16.0 Å². The Bertz CT molecular complexity index is 440. The summed E-state index contributed by atoms with van der Waals surface area (Å²) < 4.78 is 0. The molecule has 1 aromatic carbocycles. The lowest BCUT2D eigenvalue weighted by molar-refractivity contribution is -0.121. The Kier molecular flexibility index (Phi) is 3.97. The third-order valence-electron chi connectivity index (χ3n) is 3.10. The predicted molar refractivity (Wildman–Crippen MR) is 69.1 cm³/mol. The average Bonchev–Trinajstić information content (AvgIpc) is 2.74. The predicted octanol–water partition coefficient (Wildman–Crippen LogP) is 0.932. The first-order valence-electron chi connectivity index (χ1n) is 6.25. The molecule has 0 aromatic heterocycles. The fraction of sp³-hybridized carbons (Fsp3) is 0.429. The van der Waals surface area contributed by atoms with E-state index in [4.69, 9.17) is 0 Å². The molecule has 1 saturated heterocycles. The van der Waals surface area contributed by atoms with Gasteiger partial charge in [0.25, 0.3) is 0 Å². The Morgan fingerprint density at radius 2 is 2.11 bits per heavy atom. The second-order valence-corrected chi connectivity index (χ2v) is 4.76. The van der Waals surface area contributed by atoms with E-state index in [1.54, 1.807) is 0 Å². The zero-order valence-electron chi connectivity index (χ0n) is 10.5. The maximum absolute atomic E-state index is 11.7. The number of aryl methyl sites for hydroxylation is 2. The van der Waals surface area contributed by atoms with Crippen molar-refractivity contribution in [2.75, 3.05) is 6.54 Å². The van der Waals surface area contributed by atoms with Gasteiger partial charge in [-0.15, -0.1) is 0 Å². The third kappa shape index (κ3) is 3.58. The van der Waals surface area contributed by atoms with E-state index in [0.29, 0.717) is 19.4 Å². The summed E-state index contributed by atoms with van der Waals surface area (Å²) in [4.78, 5) is 22.7. The highest BCUT2D eigenvalue weighted by atomic mass is 16.2. The van der Waals surface area contributed by atoms with Crippen molar-refractivity contribution in [2.45, 2.75) is 32.2 Å². The van der Waals surface area contributed by atoms with Crippen LogP contribution in [0.3, 0.4) is 0 Å². The van der Waals surface area contributed by atoms with E-state index in [0.717, 1.165) is 12.0 Å². The molecule has 96 valence electrons. The minimum absolute atomic E-state index is 0.0112. The second kappa shape index (κ2) is 5.67. The van der Waals surface area contributed by atoms with Crippen molar-refractivity contribution < 1.29 is 9.59 Å².